The van der Waals surface area contributed by atoms with Crippen LogP contribution in [0.5, 0.6) is 0 Å². The molecule has 0 aromatic rings. The molecule has 1 heterocycles. The van der Waals surface area contributed by atoms with Gasteiger partial charge in [-0.1, -0.05) is 0 Å². The van der Waals surface area contributed by atoms with Crippen LogP contribution in [0.15, 0.2) is 0 Å². The number of amides is 1. The topological polar surface area (TPSA) is 46.3 Å². The minimum absolute atomic E-state index is 0.372. The summed E-state index contributed by atoms with van der Waals surface area (Å²) in [5, 5.41) is 0. The zero-order valence-electron chi connectivity index (χ0n) is 8.04. The molecule has 1 atom stereocenters. The molecule has 13 heavy (non-hydrogen) atoms. The average Bonchev–Trinajstić information content (AvgIpc) is 3.00. The Bertz CT molecular complexity index is 201. The van der Waals surface area contributed by atoms with E-state index in [1.807, 2.05) is 4.90 Å². The second-order valence-corrected chi connectivity index (χ2v) is 4.30. The summed E-state index contributed by atoms with van der Waals surface area (Å²) in [6.07, 6.45) is 4.57. The molecule has 3 heteroatoms. The molecule has 0 spiro atoms. The predicted octanol–water partition coefficient (Wildman–Crippen LogP) is 0.594. The van der Waals surface area contributed by atoms with Crippen molar-refractivity contribution in [2.75, 3.05) is 19.6 Å². The number of nitrogens with two attached hydrogens (primary N) is 1. The smallest absolute Gasteiger partial charge is 0.225 e. The quantitative estimate of drug-likeness (QED) is 0.679. The second kappa shape index (κ2) is 3.66. The van der Waals surface area contributed by atoms with Gasteiger partial charge in [0.15, 0.2) is 0 Å². The molecular formula is C10H18N2O. The van der Waals surface area contributed by atoms with Crippen molar-refractivity contribution in [1.82, 2.24) is 4.90 Å². The highest BCUT2D eigenvalue weighted by Crippen LogP contribution is 2.32. The lowest BCUT2D eigenvalue weighted by molar-refractivity contribution is -0.134. The van der Waals surface area contributed by atoms with Gasteiger partial charge in [0.1, 0.15) is 0 Å². The van der Waals surface area contributed by atoms with E-state index in [0.717, 1.165) is 38.9 Å². The van der Waals surface area contributed by atoms with Gasteiger partial charge >= 0.3 is 0 Å². The predicted molar refractivity (Wildman–Crippen MR) is 51.1 cm³/mol. The van der Waals surface area contributed by atoms with Crippen LogP contribution in [0.1, 0.15) is 25.7 Å². The van der Waals surface area contributed by atoms with Gasteiger partial charge in [0.05, 0.1) is 0 Å². The van der Waals surface area contributed by atoms with Crippen molar-refractivity contribution < 1.29 is 4.79 Å². The fourth-order valence-electron chi connectivity index (χ4n) is 2.05. The third-order valence-corrected chi connectivity index (χ3v) is 3.09. The van der Waals surface area contributed by atoms with Crippen LogP contribution < -0.4 is 5.73 Å². The number of piperidine rings is 1. The maximum Gasteiger partial charge on any atom is 0.225 e. The first-order chi connectivity index (χ1) is 6.31. The van der Waals surface area contributed by atoms with E-state index in [1.165, 1.54) is 6.42 Å². The first-order valence-corrected chi connectivity index (χ1v) is 5.30. The highest BCUT2D eigenvalue weighted by atomic mass is 16.2. The van der Waals surface area contributed by atoms with Crippen LogP contribution in [0.2, 0.25) is 0 Å². The van der Waals surface area contributed by atoms with Crippen LogP contribution in [-0.2, 0) is 4.79 Å². The third kappa shape index (κ3) is 2.02. The van der Waals surface area contributed by atoms with Crippen LogP contribution in [0, 0.1) is 11.8 Å². The molecule has 1 aliphatic carbocycles. The molecule has 0 radical (unpaired) electrons. The van der Waals surface area contributed by atoms with Gasteiger partial charge in [0.2, 0.25) is 5.91 Å². The molecule has 2 rings (SSSR count). The molecular weight excluding hydrogens is 164 g/mol. The summed E-state index contributed by atoms with van der Waals surface area (Å²) in [6, 6.07) is 0. The molecule has 1 amide bonds. The standard InChI is InChI=1S/C10H18N2O/c11-6-8-2-1-5-12(7-8)10(13)9-3-4-9/h8-9H,1-7,11H2. The monoisotopic (exact) mass is 182 g/mol. The molecule has 0 aromatic carbocycles. The molecule has 1 unspecified atom stereocenters. The van der Waals surface area contributed by atoms with Gasteiger partial charge in [-0.05, 0) is 38.1 Å². The van der Waals surface area contributed by atoms with Gasteiger partial charge in [-0.2, -0.15) is 0 Å². The van der Waals surface area contributed by atoms with Crippen molar-refractivity contribution in [2.24, 2.45) is 17.6 Å². The molecule has 1 saturated carbocycles. The minimum Gasteiger partial charge on any atom is -0.342 e. The lowest BCUT2D eigenvalue weighted by Gasteiger charge is -2.32. The first kappa shape index (κ1) is 9.00. The Hall–Kier alpha value is -0.570. The molecule has 74 valence electrons. The molecule has 0 aromatic heterocycles. The summed E-state index contributed by atoms with van der Waals surface area (Å²) in [6.45, 7) is 2.60. The Kier molecular flexibility index (Phi) is 2.54. The van der Waals surface area contributed by atoms with Gasteiger partial charge < -0.3 is 10.6 Å². The largest absolute Gasteiger partial charge is 0.342 e. The number of carbonyl (C=O) groups is 1. The van der Waals surface area contributed by atoms with E-state index in [2.05, 4.69) is 0 Å². The third-order valence-electron chi connectivity index (χ3n) is 3.09. The molecule has 1 saturated heterocycles. The Morgan fingerprint density at radius 3 is 2.77 bits per heavy atom. The van der Waals surface area contributed by atoms with Crippen LogP contribution in [0.4, 0.5) is 0 Å². The van der Waals surface area contributed by atoms with E-state index in [1.54, 1.807) is 0 Å². The number of hydrogen-bond acceptors (Lipinski definition) is 2. The Morgan fingerprint density at radius 2 is 2.15 bits per heavy atom. The van der Waals surface area contributed by atoms with Gasteiger partial charge in [0, 0.05) is 19.0 Å². The molecule has 2 aliphatic rings. The van der Waals surface area contributed by atoms with Crippen molar-refractivity contribution in [3.63, 3.8) is 0 Å². The summed E-state index contributed by atoms with van der Waals surface area (Å²) < 4.78 is 0. The molecule has 2 N–H and O–H groups in total. The maximum absolute atomic E-state index is 11.7. The molecule has 2 fully saturated rings. The van der Waals surface area contributed by atoms with Gasteiger partial charge in [-0.3, -0.25) is 4.79 Å². The average molecular weight is 182 g/mol. The first-order valence-electron chi connectivity index (χ1n) is 5.30. The molecule has 0 bridgehead atoms. The maximum atomic E-state index is 11.7. The minimum atomic E-state index is 0.372. The highest BCUT2D eigenvalue weighted by Gasteiger charge is 2.34. The normalized spacial score (nSPS) is 29.0. The number of hydrogen-bond donors (Lipinski definition) is 1. The number of likely N-dealkylation sites (tertiary alicyclic amines) is 1. The summed E-state index contributed by atoms with van der Waals surface area (Å²) in [5.41, 5.74) is 5.62. The zero-order valence-corrected chi connectivity index (χ0v) is 8.04. The van der Waals surface area contributed by atoms with E-state index >= 15 is 0 Å². The van der Waals surface area contributed by atoms with Crippen LogP contribution in [0.3, 0.4) is 0 Å². The summed E-state index contributed by atoms with van der Waals surface area (Å²) in [5.74, 6) is 1.31. The second-order valence-electron chi connectivity index (χ2n) is 4.30. The summed E-state index contributed by atoms with van der Waals surface area (Å²) in [4.78, 5) is 13.7. The van der Waals surface area contributed by atoms with E-state index in [4.69, 9.17) is 5.73 Å². The van der Waals surface area contributed by atoms with Crippen molar-refractivity contribution in [2.45, 2.75) is 25.7 Å². The van der Waals surface area contributed by atoms with Crippen LogP contribution >= 0.6 is 0 Å². The van der Waals surface area contributed by atoms with Gasteiger partial charge in [0.25, 0.3) is 0 Å². The van der Waals surface area contributed by atoms with E-state index in [9.17, 15) is 4.79 Å². The highest BCUT2D eigenvalue weighted by molar-refractivity contribution is 5.81. The van der Waals surface area contributed by atoms with Crippen molar-refractivity contribution in [3.05, 3.63) is 0 Å². The van der Waals surface area contributed by atoms with Crippen LogP contribution in [0.25, 0.3) is 0 Å². The summed E-state index contributed by atoms with van der Waals surface area (Å²) >= 11 is 0. The fourth-order valence-corrected chi connectivity index (χ4v) is 2.05. The van der Waals surface area contributed by atoms with Crippen molar-refractivity contribution in [1.29, 1.82) is 0 Å². The molecule has 3 nitrogen and oxygen atoms in total. The summed E-state index contributed by atoms with van der Waals surface area (Å²) in [7, 11) is 0. The zero-order chi connectivity index (χ0) is 9.26. The van der Waals surface area contributed by atoms with E-state index < -0.39 is 0 Å². The van der Waals surface area contributed by atoms with E-state index in [-0.39, 0.29) is 0 Å². The Morgan fingerprint density at radius 1 is 1.38 bits per heavy atom. The number of nitrogens with zero attached hydrogens (tertiary/aromatic N) is 1. The van der Waals surface area contributed by atoms with Crippen molar-refractivity contribution >= 4 is 5.91 Å². The number of carbonyl (C=O) groups excluding carboxylic acids is 1. The van der Waals surface area contributed by atoms with Gasteiger partial charge in [-0.25, -0.2) is 0 Å². The lowest BCUT2D eigenvalue weighted by Crippen LogP contribution is -2.42. The molecule has 1 aliphatic heterocycles. The lowest BCUT2D eigenvalue weighted by atomic mass is 9.98. The van der Waals surface area contributed by atoms with E-state index in [0.29, 0.717) is 17.7 Å². The Balaban J connectivity index is 1.87. The van der Waals surface area contributed by atoms with Gasteiger partial charge in [-0.15, -0.1) is 0 Å². The van der Waals surface area contributed by atoms with Crippen LogP contribution in [-0.4, -0.2) is 30.4 Å². The van der Waals surface area contributed by atoms with Crippen molar-refractivity contribution in [3.8, 4) is 0 Å². The number of rotatable bonds is 2. The fraction of sp³-hybridized carbons (Fsp3) is 0.900. The Labute approximate surface area is 79.3 Å². The SMILES string of the molecule is NCC1CCCN(C(=O)C2CC2)C1.